The van der Waals surface area contributed by atoms with Crippen molar-refractivity contribution in [2.45, 2.75) is 19.9 Å². The van der Waals surface area contributed by atoms with Gasteiger partial charge in [0.1, 0.15) is 5.69 Å². The molecule has 26 heavy (non-hydrogen) atoms. The fourth-order valence-corrected chi connectivity index (χ4v) is 3.36. The third-order valence-electron chi connectivity index (χ3n) is 4.80. The Kier molecular flexibility index (Phi) is 5.21. The number of para-hydroxylation sites is 1. The molecule has 0 radical (unpaired) electrons. The molecule has 0 spiro atoms. The fourth-order valence-electron chi connectivity index (χ4n) is 3.36. The maximum absolute atomic E-state index is 13.1. The summed E-state index contributed by atoms with van der Waals surface area (Å²) >= 11 is 0. The van der Waals surface area contributed by atoms with E-state index in [9.17, 15) is 9.59 Å². The van der Waals surface area contributed by atoms with Gasteiger partial charge in [-0.2, -0.15) is 5.10 Å². The molecule has 2 heterocycles. The second-order valence-corrected chi connectivity index (χ2v) is 6.76. The van der Waals surface area contributed by atoms with Crippen LogP contribution in [0.15, 0.2) is 55.3 Å². The van der Waals surface area contributed by atoms with Crippen molar-refractivity contribution in [1.82, 2.24) is 19.6 Å². The van der Waals surface area contributed by atoms with Gasteiger partial charge < -0.3 is 9.80 Å². The Morgan fingerprint density at radius 2 is 1.92 bits per heavy atom. The van der Waals surface area contributed by atoms with Gasteiger partial charge in [-0.25, -0.2) is 4.68 Å². The summed E-state index contributed by atoms with van der Waals surface area (Å²) in [5.74, 6) is 0.0985. The van der Waals surface area contributed by atoms with Crippen LogP contribution in [0.5, 0.6) is 0 Å². The molecule has 1 aliphatic rings. The Hall–Kier alpha value is -2.89. The molecule has 1 aliphatic heterocycles. The highest BCUT2D eigenvalue weighted by atomic mass is 16.2. The highest BCUT2D eigenvalue weighted by Crippen LogP contribution is 2.20. The third-order valence-corrected chi connectivity index (χ3v) is 4.80. The maximum Gasteiger partial charge on any atom is 0.272 e. The lowest BCUT2D eigenvalue weighted by Crippen LogP contribution is -2.58. The number of benzene rings is 1. The second-order valence-electron chi connectivity index (χ2n) is 6.76. The van der Waals surface area contributed by atoms with Crippen LogP contribution < -0.4 is 0 Å². The van der Waals surface area contributed by atoms with E-state index in [2.05, 4.69) is 25.5 Å². The molecule has 0 N–H and O–H groups in total. The van der Waals surface area contributed by atoms with E-state index in [-0.39, 0.29) is 23.8 Å². The maximum atomic E-state index is 13.1. The average Bonchev–Trinajstić information content (AvgIpc) is 3.16. The summed E-state index contributed by atoms with van der Waals surface area (Å²) in [5.41, 5.74) is 1.38. The van der Waals surface area contributed by atoms with Gasteiger partial charge in [0.2, 0.25) is 5.91 Å². The van der Waals surface area contributed by atoms with Crippen molar-refractivity contribution in [2.75, 3.05) is 19.6 Å². The minimum atomic E-state index is -0.0786. The van der Waals surface area contributed by atoms with Crippen molar-refractivity contribution < 1.29 is 9.59 Å². The Morgan fingerprint density at radius 3 is 2.58 bits per heavy atom. The zero-order valence-corrected chi connectivity index (χ0v) is 15.2. The lowest BCUT2D eigenvalue weighted by molar-refractivity contribution is -0.131. The number of carbonyl (C=O) groups is 2. The number of piperazine rings is 1. The first-order valence-electron chi connectivity index (χ1n) is 8.84. The number of hydrogen-bond donors (Lipinski definition) is 0. The summed E-state index contributed by atoms with van der Waals surface area (Å²) in [6.07, 6.45) is 2.98. The van der Waals surface area contributed by atoms with E-state index < -0.39 is 0 Å². The molecule has 0 aliphatic carbocycles. The number of carbonyl (C=O) groups excluding carboxylic acids is 2. The van der Waals surface area contributed by atoms with Crippen LogP contribution in [0.25, 0.3) is 5.69 Å². The fraction of sp³-hybridized carbons (Fsp3) is 0.350. The zero-order valence-electron chi connectivity index (χ0n) is 15.2. The number of amides is 2. The topological polar surface area (TPSA) is 58.4 Å². The predicted octanol–water partition coefficient (Wildman–Crippen LogP) is 2.37. The molecule has 136 valence electrons. The quantitative estimate of drug-likeness (QED) is 0.794. The molecule has 0 bridgehead atoms. The van der Waals surface area contributed by atoms with Gasteiger partial charge >= 0.3 is 0 Å². The van der Waals surface area contributed by atoms with E-state index in [0.717, 1.165) is 5.69 Å². The Balaban J connectivity index is 1.83. The molecular formula is C20H24N4O2. The molecule has 2 amide bonds. The van der Waals surface area contributed by atoms with Crippen molar-refractivity contribution in [2.24, 2.45) is 5.92 Å². The highest BCUT2D eigenvalue weighted by molar-refractivity contribution is 5.93. The SMILES string of the molecule is C=CC(=O)N1CCN(C(=O)c2ccnn2-c2ccccc2)C[C@@H]1C(C)C. The van der Waals surface area contributed by atoms with Crippen molar-refractivity contribution in [3.8, 4) is 5.69 Å². The molecule has 6 heteroatoms. The largest absolute Gasteiger partial charge is 0.333 e. The normalized spacial score (nSPS) is 17.4. The van der Waals surface area contributed by atoms with Gasteiger partial charge in [0.05, 0.1) is 17.9 Å². The van der Waals surface area contributed by atoms with Crippen molar-refractivity contribution in [3.05, 3.63) is 60.9 Å². The van der Waals surface area contributed by atoms with Crippen LogP contribution in [0.2, 0.25) is 0 Å². The lowest BCUT2D eigenvalue weighted by Gasteiger charge is -2.43. The van der Waals surface area contributed by atoms with Gasteiger partial charge in [-0.05, 0) is 30.2 Å². The summed E-state index contributed by atoms with van der Waals surface area (Å²) in [7, 11) is 0. The van der Waals surface area contributed by atoms with Crippen molar-refractivity contribution >= 4 is 11.8 Å². The van der Waals surface area contributed by atoms with Gasteiger partial charge in [0.25, 0.3) is 5.91 Å². The predicted molar refractivity (Wildman–Crippen MR) is 100 cm³/mol. The summed E-state index contributed by atoms with van der Waals surface area (Å²) in [6.45, 7) is 9.24. The van der Waals surface area contributed by atoms with Gasteiger partial charge in [-0.15, -0.1) is 0 Å². The molecule has 1 aromatic carbocycles. The Bertz CT molecular complexity index is 797. The average molecular weight is 352 g/mol. The van der Waals surface area contributed by atoms with E-state index in [0.29, 0.717) is 25.3 Å². The first-order valence-corrected chi connectivity index (χ1v) is 8.84. The molecule has 6 nitrogen and oxygen atoms in total. The molecular weight excluding hydrogens is 328 g/mol. The van der Waals surface area contributed by atoms with Crippen LogP contribution in [0.3, 0.4) is 0 Å². The van der Waals surface area contributed by atoms with Crippen molar-refractivity contribution in [3.63, 3.8) is 0 Å². The molecule has 3 rings (SSSR count). The summed E-state index contributed by atoms with van der Waals surface area (Å²) in [6, 6.07) is 11.3. The standard InChI is InChI=1S/C20H24N4O2/c1-4-19(25)23-13-12-22(14-18(23)15(2)3)20(26)17-10-11-21-24(17)16-8-6-5-7-9-16/h4-11,15,18H,1,12-14H2,2-3H3/t18-/m1/s1. The number of nitrogens with zero attached hydrogens (tertiary/aromatic N) is 4. The molecule has 1 fully saturated rings. The van der Waals surface area contributed by atoms with E-state index in [1.165, 1.54) is 6.08 Å². The highest BCUT2D eigenvalue weighted by Gasteiger charge is 2.34. The van der Waals surface area contributed by atoms with Gasteiger partial charge in [-0.3, -0.25) is 9.59 Å². The molecule has 1 atom stereocenters. The van der Waals surface area contributed by atoms with E-state index in [4.69, 9.17) is 0 Å². The summed E-state index contributed by atoms with van der Waals surface area (Å²) < 4.78 is 1.66. The molecule has 0 saturated carbocycles. The van der Waals surface area contributed by atoms with Crippen LogP contribution >= 0.6 is 0 Å². The smallest absolute Gasteiger partial charge is 0.272 e. The summed E-state index contributed by atoms with van der Waals surface area (Å²) in [5, 5.41) is 4.30. The Morgan fingerprint density at radius 1 is 1.19 bits per heavy atom. The van der Waals surface area contributed by atoms with Gasteiger partial charge in [0, 0.05) is 19.6 Å². The third kappa shape index (κ3) is 3.40. The first-order chi connectivity index (χ1) is 12.5. The number of rotatable bonds is 4. The molecule has 2 aromatic rings. The zero-order chi connectivity index (χ0) is 18.7. The van der Waals surface area contributed by atoms with Crippen LogP contribution in [0.1, 0.15) is 24.3 Å². The van der Waals surface area contributed by atoms with Crippen LogP contribution in [0, 0.1) is 5.92 Å². The first kappa shape index (κ1) is 17.9. The van der Waals surface area contributed by atoms with Crippen LogP contribution in [-0.2, 0) is 4.79 Å². The second kappa shape index (κ2) is 7.56. The van der Waals surface area contributed by atoms with E-state index in [1.807, 2.05) is 40.1 Å². The van der Waals surface area contributed by atoms with Crippen molar-refractivity contribution in [1.29, 1.82) is 0 Å². The lowest BCUT2D eigenvalue weighted by atomic mass is 9.99. The molecule has 1 aromatic heterocycles. The van der Waals surface area contributed by atoms with Crippen LogP contribution in [0.4, 0.5) is 0 Å². The number of aromatic nitrogens is 2. The molecule has 0 unspecified atom stereocenters. The Labute approximate surface area is 153 Å². The summed E-state index contributed by atoms with van der Waals surface area (Å²) in [4.78, 5) is 28.9. The minimum Gasteiger partial charge on any atom is -0.333 e. The monoisotopic (exact) mass is 352 g/mol. The van der Waals surface area contributed by atoms with Crippen LogP contribution in [-0.4, -0.2) is 57.1 Å². The van der Waals surface area contributed by atoms with E-state index in [1.54, 1.807) is 16.9 Å². The van der Waals surface area contributed by atoms with E-state index >= 15 is 0 Å². The van der Waals surface area contributed by atoms with Gasteiger partial charge in [-0.1, -0.05) is 38.6 Å². The van der Waals surface area contributed by atoms with Gasteiger partial charge in [0.15, 0.2) is 0 Å². The minimum absolute atomic E-state index is 0.0219. The molecule has 1 saturated heterocycles. The number of hydrogen-bond acceptors (Lipinski definition) is 3.